The van der Waals surface area contributed by atoms with Gasteiger partial charge in [-0.2, -0.15) is 0 Å². The summed E-state index contributed by atoms with van der Waals surface area (Å²) in [4.78, 5) is 11.2. The molecule has 2 N–H and O–H groups in total. The Morgan fingerprint density at radius 2 is 1.88 bits per heavy atom. The minimum atomic E-state index is -0.917. The number of nitrogens with one attached hydrogen (secondary N) is 1. The summed E-state index contributed by atoms with van der Waals surface area (Å²) in [7, 11) is 1.86. The number of benzene rings is 2. The molecule has 3 rings (SSSR count). The maximum absolute atomic E-state index is 13.6. The lowest BCUT2D eigenvalue weighted by molar-refractivity contribution is -0.135. The standard InChI is InChI=1S/C20H18FNO2/c1-12-17(9-13-3-6-15(22-2)7-4-13)16-8-5-14(21)10-19(16)18(12)11-20(23)24/h3-10,22H,11H2,1-2H3,(H,23,24)/b17-9-. The van der Waals surface area contributed by atoms with E-state index in [0.29, 0.717) is 11.1 Å². The molecule has 0 saturated heterocycles. The third-order valence-electron chi connectivity index (χ3n) is 4.29. The van der Waals surface area contributed by atoms with E-state index in [-0.39, 0.29) is 12.2 Å². The number of hydrogen-bond acceptors (Lipinski definition) is 2. The van der Waals surface area contributed by atoms with Gasteiger partial charge in [-0.25, -0.2) is 4.39 Å². The number of aliphatic carboxylic acids is 1. The van der Waals surface area contributed by atoms with Crippen molar-refractivity contribution in [3.8, 4) is 0 Å². The fourth-order valence-electron chi connectivity index (χ4n) is 3.05. The molecule has 0 unspecified atom stereocenters. The predicted molar refractivity (Wildman–Crippen MR) is 95.1 cm³/mol. The van der Waals surface area contributed by atoms with Crippen LogP contribution in [0.4, 0.5) is 10.1 Å². The highest BCUT2D eigenvalue weighted by molar-refractivity contribution is 6.07. The number of anilines is 1. The van der Waals surface area contributed by atoms with E-state index in [1.807, 2.05) is 44.3 Å². The monoisotopic (exact) mass is 323 g/mol. The van der Waals surface area contributed by atoms with Gasteiger partial charge in [-0.15, -0.1) is 0 Å². The van der Waals surface area contributed by atoms with E-state index in [1.165, 1.54) is 12.1 Å². The molecule has 2 aromatic rings. The average Bonchev–Trinajstić information content (AvgIpc) is 2.80. The van der Waals surface area contributed by atoms with Crippen LogP contribution in [0.25, 0.3) is 17.2 Å². The molecule has 0 radical (unpaired) electrons. The van der Waals surface area contributed by atoms with Crippen molar-refractivity contribution in [3.63, 3.8) is 0 Å². The van der Waals surface area contributed by atoms with Gasteiger partial charge in [-0.3, -0.25) is 4.79 Å². The molecule has 0 bridgehead atoms. The zero-order valence-corrected chi connectivity index (χ0v) is 13.6. The predicted octanol–water partition coefficient (Wildman–Crippen LogP) is 4.67. The fourth-order valence-corrected chi connectivity index (χ4v) is 3.05. The normalized spacial score (nSPS) is 14.9. The molecule has 0 amide bonds. The third kappa shape index (κ3) is 2.95. The van der Waals surface area contributed by atoms with Crippen molar-refractivity contribution in [1.82, 2.24) is 0 Å². The summed E-state index contributed by atoms with van der Waals surface area (Å²) in [6.07, 6.45) is 1.90. The molecule has 4 heteroatoms. The van der Waals surface area contributed by atoms with Crippen LogP contribution in [0, 0.1) is 5.82 Å². The first kappa shape index (κ1) is 16.0. The van der Waals surface area contributed by atoms with Gasteiger partial charge in [-0.1, -0.05) is 18.2 Å². The summed E-state index contributed by atoms with van der Waals surface area (Å²) in [5.74, 6) is -1.27. The van der Waals surface area contributed by atoms with Crippen molar-refractivity contribution in [2.75, 3.05) is 12.4 Å². The number of hydrogen-bond donors (Lipinski definition) is 2. The van der Waals surface area contributed by atoms with Crippen LogP contribution in [0.3, 0.4) is 0 Å². The molecule has 0 saturated carbocycles. The Kier molecular flexibility index (Phi) is 4.21. The topological polar surface area (TPSA) is 49.3 Å². The zero-order chi connectivity index (χ0) is 17.3. The number of halogens is 1. The molecule has 2 aromatic carbocycles. The van der Waals surface area contributed by atoms with Crippen LogP contribution in [-0.4, -0.2) is 18.1 Å². The van der Waals surface area contributed by atoms with Gasteiger partial charge in [0.2, 0.25) is 0 Å². The highest BCUT2D eigenvalue weighted by atomic mass is 19.1. The molecule has 0 aliphatic heterocycles. The highest BCUT2D eigenvalue weighted by Gasteiger charge is 2.25. The van der Waals surface area contributed by atoms with Gasteiger partial charge < -0.3 is 10.4 Å². The number of allylic oxidation sites excluding steroid dienone is 2. The van der Waals surface area contributed by atoms with Gasteiger partial charge in [0.15, 0.2) is 0 Å². The number of rotatable bonds is 4. The van der Waals surface area contributed by atoms with E-state index < -0.39 is 5.97 Å². The Bertz CT molecular complexity index is 864. The van der Waals surface area contributed by atoms with Crippen LogP contribution >= 0.6 is 0 Å². The van der Waals surface area contributed by atoms with Crippen molar-refractivity contribution in [3.05, 3.63) is 70.5 Å². The summed E-state index contributed by atoms with van der Waals surface area (Å²) in [5, 5.41) is 12.2. The molecule has 1 aliphatic rings. The fraction of sp³-hybridized carbons (Fsp3) is 0.150. The van der Waals surface area contributed by atoms with Gasteiger partial charge >= 0.3 is 5.97 Å². The van der Waals surface area contributed by atoms with E-state index in [4.69, 9.17) is 5.11 Å². The molecule has 0 fully saturated rings. The van der Waals surface area contributed by atoms with E-state index in [0.717, 1.165) is 28.0 Å². The first-order chi connectivity index (χ1) is 11.5. The van der Waals surface area contributed by atoms with Crippen molar-refractivity contribution in [2.45, 2.75) is 13.3 Å². The van der Waals surface area contributed by atoms with Crippen molar-refractivity contribution >= 4 is 28.9 Å². The summed E-state index contributed by atoms with van der Waals surface area (Å²) >= 11 is 0. The van der Waals surface area contributed by atoms with Crippen LogP contribution in [0.1, 0.15) is 30.0 Å². The molecule has 24 heavy (non-hydrogen) atoms. The summed E-state index contributed by atoms with van der Waals surface area (Å²) < 4.78 is 13.6. The second kappa shape index (κ2) is 6.32. The number of carboxylic acid groups (broad SMARTS) is 1. The molecule has 3 nitrogen and oxygen atoms in total. The molecular formula is C20H18FNO2. The lowest BCUT2D eigenvalue weighted by Gasteiger charge is -2.05. The van der Waals surface area contributed by atoms with E-state index >= 15 is 0 Å². The van der Waals surface area contributed by atoms with E-state index in [2.05, 4.69) is 5.32 Å². The highest BCUT2D eigenvalue weighted by Crippen LogP contribution is 2.43. The molecule has 0 atom stereocenters. The maximum atomic E-state index is 13.6. The van der Waals surface area contributed by atoms with Crippen molar-refractivity contribution in [2.24, 2.45) is 0 Å². The molecular weight excluding hydrogens is 305 g/mol. The Balaban J connectivity index is 2.11. The first-order valence-corrected chi connectivity index (χ1v) is 7.71. The minimum Gasteiger partial charge on any atom is -0.481 e. The second-order valence-corrected chi connectivity index (χ2v) is 5.79. The van der Waals surface area contributed by atoms with Gasteiger partial charge in [0.1, 0.15) is 5.82 Å². The zero-order valence-electron chi connectivity index (χ0n) is 13.6. The first-order valence-electron chi connectivity index (χ1n) is 7.71. The Labute approximate surface area is 140 Å². The quantitative estimate of drug-likeness (QED) is 0.859. The molecule has 122 valence electrons. The van der Waals surface area contributed by atoms with Gasteiger partial charge in [0.05, 0.1) is 6.42 Å². The second-order valence-electron chi connectivity index (χ2n) is 5.79. The van der Waals surface area contributed by atoms with Crippen molar-refractivity contribution < 1.29 is 14.3 Å². The number of carboxylic acids is 1. The largest absolute Gasteiger partial charge is 0.481 e. The molecule has 0 spiro atoms. The van der Waals surface area contributed by atoms with E-state index in [9.17, 15) is 9.18 Å². The lowest BCUT2D eigenvalue weighted by atomic mass is 10.0. The van der Waals surface area contributed by atoms with Crippen LogP contribution in [-0.2, 0) is 4.79 Å². The van der Waals surface area contributed by atoms with Crippen LogP contribution in [0.15, 0.2) is 48.0 Å². The average molecular weight is 323 g/mol. The van der Waals surface area contributed by atoms with Gasteiger partial charge in [-0.05, 0) is 70.7 Å². The van der Waals surface area contributed by atoms with Gasteiger partial charge in [0, 0.05) is 12.7 Å². The molecule has 1 aliphatic carbocycles. The Hall–Kier alpha value is -2.88. The SMILES string of the molecule is CNc1ccc(/C=C2/C(C)=C(CC(=O)O)c3cc(F)ccc32)cc1. The van der Waals surface area contributed by atoms with Crippen LogP contribution in [0.2, 0.25) is 0 Å². The Morgan fingerprint density at radius 1 is 1.17 bits per heavy atom. The van der Waals surface area contributed by atoms with Gasteiger partial charge in [0.25, 0.3) is 0 Å². The van der Waals surface area contributed by atoms with Crippen molar-refractivity contribution in [1.29, 1.82) is 0 Å². The van der Waals surface area contributed by atoms with Crippen LogP contribution in [0.5, 0.6) is 0 Å². The summed E-state index contributed by atoms with van der Waals surface area (Å²) in [6, 6.07) is 12.5. The number of fused-ring (bicyclic) bond motifs is 1. The van der Waals surface area contributed by atoms with E-state index in [1.54, 1.807) is 6.07 Å². The maximum Gasteiger partial charge on any atom is 0.307 e. The summed E-state index contributed by atoms with van der Waals surface area (Å²) in [5.41, 5.74) is 6.08. The van der Waals surface area contributed by atoms with Crippen LogP contribution < -0.4 is 5.32 Å². The minimum absolute atomic E-state index is 0.113. The molecule has 0 aromatic heterocycles. The summed E-state index contributed by atoms with van der Waals surface area (Å²) in [6.45, 7) is 1.89. The lowest BCUT2D eigenvalue weighted by Crippen LogP contribution is -1.97. The smallest absolute Gasteiger partial charge is 0.307 e. The molecule has 0 heterocycles. The number of carbonyl (C=O) groups is 1. The Morgan fingerprint density at radius 3 is 2.50 bits per heavy atom. The third-order valence-corrected chi connectivity index (χ3v) is 4.29.